The van der Waals surface area contributed by atoms with Crippen molar-refractivity contribution in [1.29, 1.82) is 0 Å². The molecule has 1 aromatic rings. The van der Waals surface area contributed by atoms with E-state index in [-0.39, 0.29) is 37.9 Å². The number of likely N-dealkylation sites (tertiary alicyclic amines) is 1. The number of rotatable bonds is 2. The molecule has 7 heteroatoms. The van der Waals surface area contributed by atoms with Crippen molar-refractivity contribution in [3.63, 3.8) is 0 Å². The second-order valence-electron chi connectivity index (χ2n) is 6.42. The Labute approximate surface area is 139 Å². The zero-order valence-electron chi connectivity index (χ0n) is 13.6. The third kappa shape index (κ3) is 3.49. The molecule has 24 heavy (non-hydrogen) atoms. The van der Waals surface area contributed by atoms with Crippen molar-refractivity contribution in [3.8, 4) is 0 Å². The maximum Gasteiger partial charge on any atom is 0.321 e. The molecular weight excluding hydrogens is 316 g/mol. The van der Waals surface area contributed by atoms with Crippen molar-refractivity contribution < 1.29 is 18.4 Å². The first kappa shape index (κ1) is 16.7. The molecule has 130 valence electrons. The molecule has 0 aliphatic carbocycles. The van der Waals surface area contributed by atoms with Crippen molar-refractivity contribution in [3.05, 3.63) is 23.8 Å². The molecule has 2 aliphatic heterocycles. The minimum absolute atomic E-state index is 0.0438. The molecule has 1 aromatic carbocycles. The average Bonchev–Trinajstić information content (AvgIpc) is 2.95. The van der Waals surface area contributed by atoms with E-state index in [0.29, 0.717) is 18.7 Å². The van der Waals surface area contributed by atoms with E-state index in [2.05, 4.69) is 5.32 Å². The van der Waals surface area contributed by atoms with Gasteiger partial charge in [0, 0.05) is 50.3 Å². The number of carbonyl (C=O) groups is 2. The summed E-state index contributed by atoms with van der Waals surface area (Å²) in [5.74, 6) is -2.60. The number of piperidine rings is 1. The molecule has 0 unspecified atom stereocenters. The lowest BCUT2D eigenvalue weighted by atomic mass is 10.1. The van der Waals surface area contributed by atoms with Gasteiger partial charge in [-0.15, -0.1) is 0 Å². The van der Waals surface area contributed by atoms with Crippen molar-refractivity contribution in [2.24, 2.45) is 0 Å². The first-order chi connectivity index (χ1) is 11.4. The maximum absolute atomic E-state index is 13.2. The minimum atomic E-state index is -2.68. The van der Waals surface area contributed by atoms with Crippen LogP contribution < -0.4 is 10.2 Å². The Morgan fingerprint density at radius 3 is 2.54 bits per heavy atom. The summed E-state index contributed by atoms with van der Waals surface area (Å²) in [6.45, 7) is 2.62. The van der Waals surface area contributed by atoms with Crippen LogP contribution in [0.4, 0.5) is 25.0 Å². The molecule has 0 aromatic heterocycles. The van der Waals surface area contributed by atoms with Gasteiger partial charge >= 0.3 is 6.03 Å². The van der Waals surface area contributed by atoms with Crippen LogP contribution in [0.3, 0.4) is 0 Å². The van der Waals surface area contributed by atoms with Gasteiger partial charge in [-0.25, -0.2) is 13.6 Å². The topological polar surface area (TPSA) is 52.7 Å². The molecule has 0 spiro atoms. The normalized spacial score (nSPS) is 20.4. The van der Waals surface area contributed by atoms with E-state index in [1.165, 1.54) is 4.90 Å². The van der Waals surface area contributed by atoms with Gasteiger partial charge in [0.15, 0.2) is 0 Å². The van der Waals surface area contributed by atoms with E-state index in [1.807, 2.05) is 19.1 Å². The first-order valence-electron chi connectivity index (χ1n) is 8.20. The fourth-order valence-electron chi connectivity index (χ4n) is 3.06. The summed E-state index contributed by atoms with van der Waals surface area (Å²) in [4.78, 5) is 27.3. The van der Waals surface area contributed by atoms with Crippen molar-refractivity contribution in [2.45, 2.75) is 38.5 Å². The number of nitrogens with one attached hydrogen (secondary N) is 1. The predicted molar refractivity (Wildman–Crippen MR) is 87.5 cm³/mol. The van der Waals surface area contributed by atoms with Crippen LogP contribution in [0.5, 0.6) is 0 Å². The van der Waals surface area contributed by atoms with Crippen LogP contribution in [-0.4, -0.2) is 42.4 Å². The Balaban J connectivity index is 1.70. The van der Waals surface area contributed by atoms with Gasteiger partial charge in [-0.2, -0.15) is 0 Å². The molecule has 3 rings (SSSR count). The van der Waals surface area contributed by atoms with E-state index in [9.17, 15) is 18.4 Å². The van der Waals surface area contributed by atoms with E-state index in [4.69, 9.17) is 0 Å². The number of carbonyl (C=O) groups excluding carboxylic acids is 2. The van der Waals surface area contributed by atoms with Gasteiger partial charge in [0.2, 0.25) is 5.91 Å². The third-order valence-corrected chi connectivity index (χ3v) is 4.63. The number of urea groups is 1. The summed E-state index contributed by atoms with van der Waals surface area (Å²) in [5.41, 5.74) is 2.22. The van der Waals surface area contributed by atoms with E-state index in [0.717, 1.165) is 17.7 Å². The van der Waals surface area contributed by atoms with Crippen molar-refractivity contribution in [2.75, 3.05) is 29.9 Å². The molecule has 2 fully saturated rings. The lowest BCUT2D eigenvalue weighted by Crippen LogP contribution is -2.44. The van der Waals surface area contributed by atoms with E-state index in [1.54, 1.807) is 11.0 Å². The standard InChI is InChI=1S/C17H21F2N3O2/c1-12-4-5-13(22-8-2-3-15(22)23)11-14(12)20-16(24)21-9-6-17(18,19)7-10-21/h4-5,11H,2-3,6-10H2,1H3,(H,20,24). The van der Waals surface area contributed by atoms with Gasteiger partial charge in [-0.1, -0.05) is 6.07 Å². The van der Waals surface area contributed by atoms with Gasteiger partial charge in [-0.3, -0.25) is 4.79 Å². The molecule has 0 saturated carbocycles. The van der Waals surface area contributed by atoms with E-state index < -0.39 is 5.92 Å². The SMILES string of the molecule is Cc1ccc(N2CCCC2=O)cc1NC(=O)N1CCC(F)(F)CC1. The summed E-state index contributed by atoms with van der Waals surface area (Å²) in [7, 11) is 0. The molecule has 0 atom stereocenters. The maximum atomic E-state index is 13.2. The lowest BCUT2D eigenvalue weighted by molar-refractivity contribution is -0.117. The molecule has 5 nitrogen and oxygen atoms in total. The third-order valence-electron chi connectivity index (χ3n) is 4.63. The number of aryl methyl sites for hydroxylation is 1. The Morgan fingerprint density at radius 1 is 1.21 bits per heavy atom. The Kier molecular flexibility index (Phi) is 4.43. The number of amides is 3. The highest BCUT2D eigenvalue weighted by Crippen LogP contribution is 2.29. The van der Waals surface area contributed by atoms with Crippen LogP contribution in [0.15, 0.2) is 18.2 Å². The molecule has 0 bridgehead atoms. The van der Waals surface area contributed by atoms with Crippen LogP contribution in [0.1, 0.15) is 31.2 Å². The van der Waals surface area contributed by atoms with Crippen LogP contribution in [0.25, 0.3) is 0 Å². The highest BCUT2D eigenvalue weighted by Gasteiger charge is 2.35. The quantitative estimate of drug-likeness (QED) is 0.899. The Hall–Kier alpha value is -2.18. The van der Waals surface area contributed by atoms with Gasteiger partial charge in [0.05, 0.1) is 0 Å². The number of hydrogen-bond acceptors (Lipinski definition) is 2. The summed E-state index contributed by atoms with van der Waals surface area (Å²) in [6, 6.07) is 5.10. The molecule has 2 heterocycles. The van der Waals surface area contributed by atoms with Gasteiger partial charge in [-0.05, 0) is 31.0 Å². The monoisotopic (exact) mass is 337 g/mol. The molecule has 3 amide bonds. The Morgan fingerprint density at radius 2 is 1.92 bits per heavy atom. The van der Waals surface area contributed by atoms with Gasteiger partial charge in [0.25, 0.3) is 5.92 Å². The second-order valence-corrected chi connectivity index (χ2v) is 6.42. The zero-order valence-corrected chi connectivity index (χ0v) is 13.6. The highest BCUT2D eigenvalue weighted by molar-refractivity contribution is 5.97. The van der Waals surface area contributed by atoms with Gasteiger partial charge < -0.3 is 15.1 Å². The smallest absolute Gasteiger partial charge is 0.321 e. The lowest BCUT2D eigenvalue weighted by Gasteiger charge is -2.32. The number of nitrogens with zero attached hydrogens (tertiary/aromatic N) is 2. The number of anilines is 2. The molecule has 2 aliphatic rings. The Bertz CT molecular complexity index is 653. The molecule has 0 radical (unpaired) electrons. The summed E-state index contributed by atoms with van der Waals surface area (Å²) < 4.78 is 26.4. The number of halogens is 2. The molecular formula is C17H21F2N3O2. The second kappa shape index (κ2) is 6.37. The van der Waals surface area contributed by atoms with Gasteiger partial charge in [0.1, 0.15) is 0 Å². The van der Waals surface area contributed by atoms with Crippen LogP contribution in [0.2, 0.25) is 0 Å². The summed E-state index contributed by atoms with van der Waals surface area (Å²) in [5, 5.41) is 2.79. The number of hydrogen-bond donors (Lipinski definition) is 1. The summed E-state index contributed by atoms with van der Waals surface area (Å²) in [6.07, 6.45) is 0.761. The fraction of sp³-hybridized carbons (Fsp3) is 0.529. The first-order valence-corrected chi connectivity index (χ1v) is 8.20. The van der Waals surface area contributed by atoms with Crippen molar-refractivity contribution >= 4 is 23.3 Å². The van der Waals surface area contributed by atoms with E-state index >= 15 is 0 Å². The zero-order chi connectivity index (χ0) is 17.3. The number of benzene rings is 1. The van der Waals surface area contributed by atoms with Crippen LogP contribution >= 0.6 is 0 Å². The van der Waals surface area contributed by atoms with Crippen molar-refractivity contribution in [1.82, 2.24) is 4.90 Å². The largest absolute Gasteiger partial charge is 0.324 e. The fourth-order valence-corrected chi connectivity index (χ4v) is 3.06. The molecule has 2 saturated heterocycles. The van der Waals surface area contributed by atoms with Crippen LogP contribution in [-0.2, 0) is 4.79 Å². The average molecular weight is 337 g/mol. The minimum Gasteiger partial charge on any atom is -0.324 e. The highest BCUT2D eigenvalue weighted by atomic mass is 19.3. The van der Waals surface area contributed by atoms with Crippen LogP contribution in [0, 0.1) is 6.92 Å². The predicted octanol–water partition coefficient (Wildman–Crippen LogP) is 3.38. The summed E-state index contributed by atoms with van der Waals surface area (Å²) >= 11 is 0. The molecule has 1 N–H and O–H groups in total. The number of alkyl halides is 2.